The van der Waals surface area contributed by atoms with Crippen LogP contribution >= 0.6 is 0 Å². The van der Waals surface area contributed by atoms with Gasteiger partial charge in [-0.05, 0) is 56.8 Å². The summed E-state index contributed by atoms with van der Waals surface area (Å²) in [6.07, 6.45) is 1.68. The molecule has 2 aromatic rings. The van der Waals surface area contributed by atoms with Crippen molar-refractivity contribution in [2.75, 3.05) is 31.5 Å². The number of hydrogen-bond acceptors (Lipinski definition) is 3. The Morgan fingerprint density at radius 1 is 1.24 bits per heavy atom. The molecule has 0 saturated carbocycles. The lowest BCUT2D eigenvalue weighted by Gasteiger charge is -2.18. The number of aromatic nitrogens is 1. The van der Waals surface area contributed by atoms with Crippen molar-refractivity contribution in [2.24, 2.45) is 0 Å². The van der Waals surface area contributed by atoms with Crippen LogP contribution in [-0.2, 0) is 4.79 Å². The number of aryl methyl sites for hydroxylation is 1. The molecule has 154 valence electrons. The van der Waals surface area contributed by atoms with Gasteiger partial charge >= 0.3 is 0 Å². The molecule has 2 heterocycles. The number of carbonyl (C=O) groups is 2. The molecule has 2 amide bonds. The first-order valence-electron chi connectivity index (χ1n) is 9.88. The van der Waals surface area contributed by atoms with Crippen LogP contribution in [-0.4, -0.2) is 47.9 Å². The number of benzene rings is 1. The molecule has 0 bridgehead atoms. The number of rotatable bonds is 7. The highest BCUT2D eigenvalue weighted by Gasteiger charge is 2.26. The standard InChI is InChI=1S/C22H27FN4O2/c1-5-27(6-2)10-9-24-22(29)20-13(3)19(25-14(20)4)12-17-16-11-15(23)7-8-18(16)26-21(17)28/h7-8,11-12,25H,5-6,9-10H2,1-4H3,(H,24,29)(H,26,28)/b17-12-/i12+1. The molecule has 0 spiro atoms. The van der Waals surface area contributed by atoms with Crippen molar-refractivity contribution in [2.45, 2.75) is 27.7 Å². The van der Waals surface area contributed by atoms with E-state index in [0.717, 1.165) is 30.9 Å². The van der Waals surface area contributed by atoms with E-state index in [-0.39, 0.29) is 11.8 Å². The maximum absolute atomic E-state index is 13.7. The lowest BCUT2D eigenvalue weighted by molar-refractivity contribution is -0.110. The third-order valence-electron chi connectivity index (χ3n) is 5.36. The second-order valence-electron chi connectivity index (χ2n) is 7.15. The fourth-order valence-corrected chi connectivity index (χ4v) is 3.66. The Bertz CT molecular complexity index is 973. The molecule has 7 heteroatoms. The molecule has 0 saturated heterocycles. The van der Waals surface area contributed by atoms with Gasteiger partial charge in [-0.1, -0.05) is 13.8 Å². The van der Waals surface area contributed by atoms with Gasteiger partial charge in [0.25, 0.3) is 11.8 Å². The van der Waals surface area contributed by atoms with Crippen molar-refractivity contribution < 1.29 is 14.0 Å². The number of nitrogens with zero attached hydrogens (tertiary/aromatic N) is 1. The third-order valence-corrected chi connectivity index (χ3v) is 5.36. The van der Waals surface area contributed by atoms with Gasteiger partial charge < -0.3 is 20.5 Å². The third kappa shape index (κ3) is 4.24. The summed E-state index contributed by atoms with van der Waals surface area (Å²) in [6.45, 7) is 11.1. The lowest BCUT2D eigenvalue weighted by atomic mass is 10.1. The molecule has 0 fully saturated rings. The Labute approximate surface area is 170 Å². The van der Waals surface area contributed by atoms with E-state index >= 15 is 0 Å². The second-order valence-corrected chi connectivity index (χ2v) is 7.15. The van der Waals surface area contributed by atoms with Gasteiger partial charge in [-0.3, -0.25) is 9.59 Å². The zero-order chi connectivity index (χ0) is 21.1. The highest BCUT2D eigenvalue weighted by atomic mass is 19.1. The Hall–Kier alpha value is -2.93. The summed E-state index contributed by atoms with van der Waals surface area (Å²) in [5.74, 6) is -0.836. The van der Waals surface area contributed by atoms with Gasteiger partial charge in [0.1, 0.15) is 5.82 Å². The van der Waals surface area contributed by atoms with Crippen molar-refractivity contribution in [3.05, 3.63) is 52.1 Å². The van der Waals surface area contributed by atoms with Crippen LogP contribution in [0.15, 0.2) is 18.2 Å². The van der Waals surface area contributed by atoms with Crippen LogP contribution < -0.4 is 10.6 Å². The van der Waals surface area contributed by atoms with Crippen LogP contribution in [0.25, 0.3) is 11.6 Å². The van der Waals surface area contributed by atoms with Crippen molar-refractivity contribution in [3.8, 4) is 0 Å². The summed E-state index contributed by atoms with van der Waals surface area (Å²) in [7, 11) is 0. The quantitative estimate of drug-likeness (QED) is 0.494. The predicted octanol–water partition coefficient (Wildman–Crippen LogP) is 3.33. The zero-order valence-electron chi connectivity index (χ0n) is 17.3. The Kier molecular flexibility index (Phi) is 6.17. The average molecular weight is 399 g/mol. The molecule has 0 unspecified atom stereocenters. The Balaban J connectivity index is 1.83. The predicted molar refractivity (Wildman–Crippen MR) is 113 cm³/mol. The van der Waals surface area contributed by atoms with E-state index in [1.807, 2.05) is 13.8 Å². The number of hydrogen-bond donors (Lipinski definition) is 3. The van der Waals surface area contributed by atoms with Gasteiger partial charge in [0, 0.05) is 35.7 Å². The average Bonchev–Trinajstić information content (AvgIpc) is 3.14. The molecule has 1 aliphatic heterocycles. The van der Waals surface area contributed by atoms with Gasteiger partial charge in [0.15, 0.2) is 0 Å². The zero-order valence-corrected chi connectivity index (χ0v) is 17.3. The van der Waals surface area contributed by atoms with Crippen LogP contribution in [0.2, 0.25) is 0 Å². The topological polar surface area (TPSA) is 77.2 Å². The smallest absolute Gasteiger partial charge is 0.256 e. The summed E-state index contributed by atoms with van der Waals surface area (Å²) in [5, 5.41) is 5.70. The van der Waals surface area contributed by atoms with Crippen LogP contribution in [0.3, 0.4) is 0 Å². The molecule has 3 N–H and O–H groups in total. The number of nitrogens with one attached hydrogen (secondary N) is 3. The minimum Gasteiger partial charge on any atom is -0.358 e. The molecular formula is C22H27FN4O2. The fraction of sp³-hybridized carbons (Fsp3) is 0.364. The molecule has 1 aromatic heterocycles. The summed E-state index contributed by atoms with van der Waals surface area (Å²) in [4.78, 5) is 30.5. The molecule has 1 aliphatic rings. The fourth-order valence-electron chi connectivity index (χ4n) is 3.66. The van der Waals surface area contributed by atoms with Gasteiger partial charge in [0.2, 0.25) is 0 Å². The molecule has 1 aromatic carbocycles. The highest BCUT2D eigenvalue weighted by molar-refractivity contribution is 6.34. The summed E-state index contributed by atoms with van der Waals surface area (Å²) in [5.41, 5.74) is 4.20. The first-order valence-corrected chi connectivity index (χ1v) is 9.88. The number of halogens is 1. The van der Waals surface area contributed by atoms with Crippen molar-refractivity contribution in [3.63, 3.8) is 0 Å². The van der Waals surface area contributed by atoms with Crippen LogP contribution in [0.1, 0.15) is 46.7 Å². The van der Waals surface area contributed by atoms with E-state index in [4.69, 9.17) is 0 Å². The van der Waals surface area contributed by atoms with Crippen LogP contribution in [0.4, 0.5) is 10.1 Å². The molecule has 0 radical (unpaired) electrons. The largest absolute Gasteiger partial charge is 0.358 e. The van der Waals surface area contributed by atoms with Crippen molar-refractivity contribution >= 4 is 29.2 Å². The van der Waals surface area contributed by atoms with Crippen molar-refractivity contribution in [1.29, 1.82) is 0 Å². The van der Waals surface area contributed by atoms with E-state index in [0.29, 0.717) is 34.6 Å². The van der Waals surface area contributed by atoms with E-state index < -0.39 is 5.82 Å². The highest BCUT2D eigenvalue weighted by Crippen LogP contribution is 2.34. The maximum Gasteiger partial charge on any atom is 0.256 e. The molecule has 0 atom stereocenters. The second kappa shape index (κ2) is 8.61. The van der Waals surface area contributed by atoms with E-state index in [9.17, 15) is 14.0 Å². The Morgan fingerprint density at radius 3 is 2.66 bits per heavy atom. The minimum atomic E-state index is -0.404. The van der Waals surface area contributed by atoms with Crippen LogP contribution in [0.5, 0.6) is 0 Å². The summed E-state index contributed by atoms with van der Waals surface area (Å²) >= 11 is 0. The SMILES string of the molecule is CCN(CC)CCNC(=O)c1c(C)[nH]c(/[13CH]=C2\C(=O)Nc3ccc(F)cc32)c1C. The minimum absolute atomic E-state index is 0.143. The maximum atomic E-state index is 13.7. The number of anilines is 1. The van der Waals surface area contributed by atoms with Gasteiger partial charge in [-0.2, -0.15) is 0 Å². The van der Waals surface area contributed by atoms with Crippen LogP contribution in [0, 0.1) is 19.7 Å². The van der Waals surface area contributed by atoms with E-state index in [1.54, 1.807) is 12.1 Å². The lowest BCUT2D eigenvalue weighted by Crippen LogP contribution is -2.35. The Morgan fingerprint density at radius 2 is 1.97 bits per heavy atom. The molecule has 3 rings (SSSR count). The van der Waals surface area contributed by atoms with Gasteiger partial charge in [0.05, 0.1) is 11.1 Å². The molecule has 29 heavy (non-hydrogen) atoms. The van der Waals surface area contributed by atoms with Crippen molar-refractivity contribution in [1.82, 2.24) is 15.2 Å². The monoisotopic (exact) mass is 399 g/mol. The number of likely N-dealkylation sites (N-methyl/N-ethyl adjacent to an activating group) is 1. The molecule has 6 nitrogen and oxygen atoms in total. The number of amides is 2. The summed E-state index contributed by atoms with van der Waals surface area (Å²) < 4.78 is 13.7. The number of aromatic amines is 1. The first-order chi connectivity index (χ1) is 13.8. The first kappa shape index (κ1) is 20.8. The van der Waals surface area contributed by atoms with Gasteiger partial charge in [-0.15, -0.1) is 0 Å². The van der Waals surface area contributed by atoms with Gasteiger partial charge in [-0.25, -0.2) is 4.39 Å². The van der Waals surface area contributed by atoms with E-state index in [1.165, 1.54) is 12.1 Å². The van der Waals surface area contributed by atoms with E-state index in [2.05, 4.69) is 34.4 Å². The number of fused-ring (bicyclic) bond motifs is 1. The molecular weight excluding hydrogens is 372 g/mol. The normalized spacial score (nSPS) is 14.4. The summed E-state index contributed by atoms with van der Waals surface area (Å²) in [6, 6.07) is 4.20. The number of carbonyl (C=O) groups excluding carboxylic acids is 2. The number of H-pyrrole nitrogens is 1. The molecule has 0 aliphatic carbocycles.